The third kappa shape index (κ3) is 12.5. The highest BCUT2D eigenvalue weighted by molar-refractivity contribution is 6.30. The van der Waals surface area contributed by atoms with E-state index < -0.39 is 12.0 Å². The monoisotopic (exact) mass is 763 g/mol. The number of esters is 1. The molecule has 288 valence electrons. The maximum absolute atomic E-state index is 13.4. The molecule has 15 heteroatoms. The Balaban J connectivity index is 1.07. The molecule has 0 fully saturated rings. The molecule has 1 amide bonds. The van der Waals surface area contributed by atoms with Crippen molar-refractivity contribution in [3.8, 4) is 11.4 Å². The van der Waals surface area contributed by atoms with Gasteiger partial charge in [-0.15, -0.1) is 10.2 Å². The van der Waals surface area contributed by atoms with Crippen LogP contribution in [0.1, 0.15) is 48.3 Å². The zero-order chi connectivity index (χ0) is 38.0. The van der Waals surface area contributed by atoms with Gasteiger partial charge in [-0.3, -0.25) is 19.1 Å². The summed E-state index contributed by atoms with van der Waals surface area (Å²) >= 11 is 6.21. The van der Waals surface area contributed by atoms with Crippen molar-refractivity contribution >= 4 is 34.9 Å². The lowest BCUT2D eigenvalue weighted by molar-refractivity contribution is -0.135. The van der Waals surface area contributed by atoms with Crippen molar-refractivity contribution in [1.29, 1.82) is 0 Å². The van der Waals surface area contributed by atoms with Gasteiger partial charge in [0.25, 0.3) is 0 Å². The molecule has 0 bridgehead atoms. The van der Waals surface area contributed by atoms with Crippen molar-refractivity contribution in [2.24, 2.45) is 4.99 Å². The fraction of sp³-hybridized carbons (Fsp3) is 0.410. The van der Waals surface area contributed by atoms with Gasteiger partial charge in [-0.2, -0.15) is 0 Å². The van der Waals surface area contributed by atoms with E-state index in [0.29, 0.717) is 94.1 Å². The molecule has 0 spiro atoms. The van der Waals surface area contributed by atoms with Crippen LogP contribution in [0.3, 0.4) is 0 Å². The molecule has 4 aromatic rings. The van der Waals surface area contributed by atoms with Crippen LogP contribution in [-0.2, 0) is 44.6 Å². The topological polar surface area (TPSA) is 154 Å². The lowest BCUT2D eigenvalue weighted by Crippen LogP contribution is -2.17. The molecule has 0 unspecified atom stereocenters. The van der Waals surface area contributed by atoms with E-state index >= 15 is 0 Å². The van der Waals surface area contributed by atoms with E-state index in [1.165, 1.54) is 0 Å². The van der Waals surface area contributed by atoms with E-state index in [1.807, 2.05) is 54.0 Å². The lowest BCUT2D eigenvalue weighted by atomic mass is 9.98. The van der Waals surface area contributed by atoms with Gasteiger partial charge in [-0.25, -0.2) is 0 Å². The molecular weight excluding hydrogens is 718 g/mol. The number of anilines is 1. The number of fused-ring (bicyclic) bond motifs is 3. The minimum absolute atomic E-state index is 0.00453. The van der Waals surface area contributed by atoms with E-state index in [1.54, 1.807) is 37.7 Å². The molecule has 0 saturated heterocycles. The molecule has 0 aliphatic carbocycles. The molecule has 1 aliphatic rings. The summed E-state index contributed by atoms with van der Waals surface area (Å²) in [5.74, 6) is 0.161. The summed E-state index contributed by atoms with van der Waals surface area (Å²) in [5.41, 5.74) is 4.72. The second-order valence-electron chi connectivity index (χ2n) is 12.0. The van der Waals surface area contributed by atoms with E-state index in [0.717, 1.165) is 22.4 Å². The van der Waals surface area contributed by atoms with Crippen LogP contribution in [0.5, 0.6) is 5.75 Å². The summed E-state index contributed by atoms with van der Waals surface area (Å²) in [7, 11) is 1.65. The Kier molecular flexibility index (Phi) is 16.5. The van der Waals surface area contributed by atoms with Crippen LogP contribution >= 0.6 is 11.6 Å². The number of rotatable bonds is 23. The fourth-order valence-electron chi connectivity index (χ4n) is 5.51. The molecule has 54 heavy (non-hydrogen) atoms. The lowest BCUT2D eigenvalue weighted by Gasteiger charge is -2.13. The summed E-state index contributed by atoms with van der Waals surface area (Å²) in [5, 5.41) is 12.0. The van der Waals surface area contributed by atoms with E-state index in [4.69, 9.17) is 49.8 Å². The summed E-state index contributed by atoms with van der Waals surface area (Å²) < 4.78 is 39.6. The molecule has 0 radical (unpaired) electrons. The maximum atomic E-state index is 13.4. The zero-order valence-corrected chi connectivity index (χ0v) is 31.3. The quantitative estimate of drug-likeness (QED) is 0.0588. The zero-order valence-electron chi connectivity index (χ0n) is 30.5. The van der Waals surface area contributed by atoms with Crippen LogP contribution in [0.2, 0.25) is 5.02 Å². The summed E-state index contributed by atoms with van der Waals surface area (Å²) in [6, 6.07) is 19.3. The van der Waals surface area contributed by atoms with Gasteiger partial charge in [0.05, 0.1) is 90.3 Å². The number of methoxy groups -OCH3 is 1. The smallest absolute Gasteiger partial charge is 0.313 e. The fourth-order valence-corrected chi connectivity index (χ4v) is 5.64. The third-order valence-corrected chi connectivity index (χ3v) is 8.30. The van der Waals surface area contributed by atoms with Crippen molar-refractivity contribution in [2.75, 3.05) is 78.5 Å². The molecule has 1 atom stereocenters. The summed E-state index contributed by atoms with van der Waals surface area (Å²) in [4.78, 5) is 30.8. The second-order valence-corrected chi connectivity index (χ2v) is 12.4. The van der Waals surface area contributed by atoms with E-state index in [2.05, 4.69) is 15.5 Å². The van der Waals surface area contributed by atoms with Gasteiger partial charge in [0, 0.05) is 35.6 Å². The van der Waals surface area contributed by atoms with Crippen molar-refractivity contribution in [3.05, 3.63) is 101 Å². The standard InChI is InChI=1S/C39H46ClN5O9/c1-3-49-16-17-51-20-21-53-23-22-52-19-18-50-15-14-37(47)54-32-11-9-31(10-12-32)42-36(46)25-34-39-44-41-27-45(39)35-13-4-28(26-48-2)24-33(35)38(43-34)29-5-7-30(40)8-6-29/h4-13,24,27,34H,3,14-23,25-26H2,1-2H3,(H,42,46)/t34-/m0/s1. The van der Waals surface area contributed by atoms with Crippen molar-refractivity contribution in [3.63, 3.8) is 0 Å². The van der Waals surface area contributed by atoms with Gasteiger partial charge < -0.3 is 38.5 Å². The first-order valence-corrected chi connectivity index (χ1v) is 18.2. The first-order valence-electron chi connectivity index (χ1n) is 17.8. The van der Waals surface area contributed by atoms with Crippen molar-refractivity contribution < 1.29 is 42.7 Å². The Morgan fingerprint density at radius 3 is 2.11 bits per heavy atom. The predicted octanol–water partition coefficient (Wildman–Crippen LogP) is 5.39. The van der Waals surface area contributed by atoms with Gasteiger partial charge in [0.1, 0.15) is 18.1 Å². The van der Waals surface area contributed by atoms with Gasteiger partial charge in [0.15, 0.2) is 5.82 Å². The minimum Gasteiger partial charge on any atom is -0.426 e. The molecule has 1 aromatic heterocycles. The molecule has 3 aromatic carbocycles. The number of carbonyl (C=O) groups excluding carboxylic acids is 2. The average Bonchev–Trinajstić information content (AvgIpc) is 3.62. The van der Waals surface area contributed by atoms with Crippen LogP contribution in [0.15, 0.2) is 78.0 Å². The number of hydrogen-bond acceptors (Lipinski definition) is 12. The van der Waals surface area contributed by atoms with Crippen LogP contribution in [0.25, 0.3) is 5.69 Å². The first-order chi connectivity index (χ1) is 26.4. The first kappa shape index (κ1) is 40.6. The number of aliphatic imine (C=N–C) groups is 1. The van der Waals surface area contributed by atoms with Crippen LogP contribution in [0.4, 0.5) is 5.69 Å². The second kappa shape index (κ2) is 22.0. The molecule has 14 nitrogen and oxygen atoms in total. The Morgan fingerprint density at radius 1 is 0.815 bits per heavy atom. The number of nitrogens with zero attached hydrogens (tertiary/aromatic N) is 4. The number of nitrogens with one attached hydrogen (secondary N) is 1. The number of hydrogen-bond donors (Lipinski definition) is 1. The largest absolute Gasteiger partial charge is 0.426 e. The highest BCUT2D eigenvalue weighted by Crippen LogP contribution is 2.33. The van der Waals surface area contributed by atoms with Gasteiger partial charge in [0.2, 0.25) is 5.91 Å². The molecular formula is C39H46ClN5O9. The SMILES string of the molecule is CCOCCOCCOCCOCCOCCC(=O)Oc1ccc(NC(=O)C[C@@H]2N=C(c3ccc(Cl)cc3)c3cc(COC)ccc3-n3cnnc32)cc1. The number of benzene rings is 3. The Labute approximate surface area is 319 Å². The molecule has 0 saturated carbocycles. The third-order valence-electron chi connectivity index (χ3n) is 8.05. The van der Waals surface area contributed by atoms with E-state index in [9.17, 15) is 9.59 Å². The Bertz CT molecular complexity index is 1800. The number of halogens is 1. The van der Waals surface area contributed by atoms with Gasteiger partial charge in [-0.1, -0.05) is 29.8 Å². The van der Waals surface area contributed by atoms with Crippen molar-refractivity contribution in [2.45, 2.75) is 32.4 Å². The van der Waals surface area contributed by atoms with Crippen LogP contribution in [-0.4, -0.2) is 106 Å². The summed E-state index contributed by atoms with van der Waals surface area (Å²) in [6.07, 6.45) is 1.70. The molecule has 1 aliphatic heterocycles. The molecule has 2 heterocycles. The Hall–Kier alpha value is -4.54. The predicted molar refractivity (Wildman–Crippen MR) is 202 cm³/mol. The molecule has 5 rings (SSSR count). The van der Waals surface area contributed by atoms with Crippen LogP contribution in [0, 0.1) is 0 Å². The number of aromatic nitrogens is 3. The average molecular weight is 764 g/mol. The van der Waals surface area contributed by atoms with Gasteiger partial charge in [-0.05, 0) is 61.0 Å². The normalized spacial score (nSPS) is 13.5. The van der Waals surface area contributed by atoms with Gasteiger partial charge >= 0.3 is 5.97 Å². The van der Waals surface area contributed by atoms with Crippen molar-refractivity contribution in [1.82, 2.24) is 14.8 Å². The highest BCUT2D eigenvalue weighted by Gasteiger charge is 2.28. The Morgan fingerprint density at radius 2 is 1.46 bits per heavy atom. The summed E-state index contributed by atoms with van der Waals surface area (Å²) in [6.45, 7) is 7.02. The number of amides is 1. The number of carbonyl (C=O) groups is 2. The van der Waals surface area contributed by atoms with Crippen LogP contribution < -0.4 is 10.1 Å². The maximum Gasteiger partial charge on any atom is 0.313 e. The van der Waals surface area contributed by atoms with E-state index in [-0.39, 0.29) is 25.4 Å². The minimum atomic E-state index is -0.647. The highest BCUT2D eigenvalue weighted by atomic mass is 35.5. The number of ether oxygens (including phenoxy) is 7. The molecule has 1 N–H and O–H groups in total.